The third-order valence-electron chi connectivity index (χ3n) is 4.13. The predicted molar refractivity (Wildman–Crippen MR) is 102 cm³/mol. The largest absolute Gasteiger partial charge is 0.342 e. The molecule has 0 spiro atoms. The maximum atomic E-state index is 12.4. The number of likely N-dealkylation sites (N-methyl/N-ethyl adjacent to an activating group) is 1. The van der Waals surface area contributed by atoms with E-state index >= 15 is 0 Å². The number of halogens is 2. The fourth-order valence-electron chi connectivity index (χ4n) is 2.84. The summed E-state index contributed by atoms with van der Waals surface area (Å²) in [6, 6.07) is 5.96. The van der Waals surface area contributed by atoms with E-state index < -0.39 is 0 Å². The minimum atomic E-state index is -0.169. The van der Waals surface area contributed by atoms with E-state index in [-0.39, 0.29) is 36.8 Å². The second-order valence-corrected chi connectivity index (χ2v) is 5.64. The molecule has 0 bridgehead atoms. The number of carbonyl (C=O) groups excluding carboxylic acids is 1. The van der Waals surface area contributed by atoms with Gasteiger partial charge in [-0.3, -0.25) is 10.1 Å². The first-order chi connectivity index (χ1) is 10.7. The van der Waals surface area contributed by atoms with Crippen LogP contribution in [-0.2, 0) is 11.2 Å². The maximum Gasteiger partial charge on any atom is 0.243 e. The number of hydrogen-bond acceptors (Lipinski definition) is 3. The van der Waals surface area contributed by atoms with Gasteiger partial charge in [-0.15, -0.1) is 24.8 Å². The van der Waals surface area contributed by atoms with Crippen LogP contribution in [0.5, 0.6) is 0 Å². The van der Waals surface area contributed by atoms with Crippen LogP contribution < -0.4 is 5.32 Å². The van der Waals surface area contributed by atoms with E-state index in [1.54, 1.807) is 0 Å². The van der Waals surface area contributed by atoms with Crippen molar-refractivity contribution in [2.45, 2.75) is 26.3 Å². The Hall–Kier alpha value is -1.56. The van der Waals surface area contributed by atoms with E-state index in [2.05, 4.69) is 28.3 Å². The molecule has 0 radical (unpaired) electrons. The van der Waals surface area contributed by atoms with Crippen LogP contribution in [0.15, 0.2) is 30.4 Å². The van der Waals surface area contributed by atoms with Crippen LogP contribution in [0.3, 0.4) is 0 Å². The lowest BCUT2D eigenvalue weighted by Crippen LogP contribution is -2.44. The monoisotopic (exact) mass is 370 g/mol. The molecular weight excluding hydrogens is 347 g/mol. The molecular formula is C17H24Cl2N4O. The molecule has 1 aliphatic rings. The summed E-state index contributed by atoms with van der Waals surface area (Å²) >= 11 is 0. The Bertz CT molecular complexity index is 714. The second kappa shape index (κ2) is 9.06. The van der Waals surface area contributed by atoms with Crippen molar-refractivity contribution < 1.29 is 4.79 Å². The minimum absolute atomic E-state index is 0. The van der Waals surface area contributed by atoms with Gasteiger partial charge >= 0.3 is 0 Å². The SMILES string of the molecule is CCN(CCc1nc2c(C)cccc2[nH]1)C(=O)C1C=CCN1.Cl.Cl. The number of aromatic amines is 1. The van der Waals surface area contributed by atoms with Gasteiger partial charge in [0.2, 0.25) is 5.91 Å². The number of imidazole rings is 1. The third-order valence-corrected chi connectivity index (χ3v) is 4.13. The average Bonchev–Trinajstić information content (AvgIpc) is 3.17. The van der Waals surface area contributed by atoms with Gasteiger partial charge < -0.3 is 9.88 Å². The van der Waals surface area contributed by atoms with Crippen LogP contribution in [0.1, 0.15) is 18.3 Å². The fourth-order valence-corrected chi connectivity index (χ4v) is 2.84. The molecule has 1 aromatic carbocycles. The molecule has 7 heteroatoms. The van der Waals surface area contributed by atoms with Crippen LogP contribution in [0.2, 0.25) is 0 Å². The molecule has 5 nitrogen and oxygen atoms in total. The number of nitrogens with zero attached hydrogens (tertiary/aromatic N) is 2. The summed E-state index contributed by atoms with van der Waals surface area (Å²) in [6.45, 7) is 6.24. The Labute approximate surface area is 154 Å². The topological polar surface area (TPSA) is 61.0 Å². The van der Waals surface area contributed by atoms with Gasteiger partial charge in [-0.1, -0.05) is 24.3 Å². The highest BCUT2D eigenvalue weighted by Crippen LogP contribution is 2.16. The fraction of sp³-hybridized carbons (Fsp3) is 0.412. The zero-order chi connectivity index (χ0) is 15.5. The van der Waals surface area contributed by atoms with Crippen LogP contribution in [-0.4, -0.2) is 46.5 Å². The van der Waals surface area contributed by atoms with Gasteiger partial charge in [-0.25, -0.2) is 4.98 Å². The van der Waals surface area contributed by atoms with Crippen LogP contribution >= 0.6 is 24.8 Å². The Morgan fingerprint density at radius 2 is 2.17 bits per heavy atom. The first kappa shape index (κ1) is 20.5. The smallest absolute Gasteiger partial charge is 0.243 e. The minimum Gasteiger partial charge on any atom is -0.342 e. The molecule has 1 aromatic heterocycles. The summed E-state index contributed by atoms with van der Waals surface area (Å²) in [5.74, 6) is 1.08. The molecule has 2 aromatic rings. The van der Waals surface area contributed by atoms with Crippen molar-refractivity contribution in [2.75, 3.05) is 19.6 Å². The van der Waals surface area contributed by atoms with Gasteiger partial charge in [0.05, 0.1) is 11.0 Å². The van der Waals surface area contributed by atoms with Crippen LogP contribution in [0.25, 0.3) is 11.0 Å². The number of fused-ring (bicyclic) bond motifs is 1. The highest BCUT2D eigenvalue weighted by atomic mass is 35.5. The molecule has 132 valence electrons. The molecule has 1 atom stereocenters. The second-order valence-electron chi connectivity index (χ2n) is 5.64. The number of hydrogen-bond donors (Lipinski definition) is 2. The molecule has 2 heterocycles. The van der Waals surface area contributed by atoms with Gasteiger partial charge in [0.25, 0.3) is 0 Å². The van der Waals surface area contributed by atoms with Gasteiger partial charge in [0, 0.05) is 26.1 Å². The van der Waals surface area contributed by atoms with Crippen molar-refractivity contribution in [3.63, 3.8) is 0 Å². The molecule has 0 saturated heterocycles. The first-order valence-electron chi connectivity index (χ1n) is 7.82. The van der Waals surface area contributed by atoms with E-state index in [1.165, 1.54) is 5.56 Å². The Morgan fingerprint density at radius 1 is 1.38 bits per heavy atom. The Balaban J connectivity index is 0.00000144. The van der Waals surface area contributed by atoms with Crippen molar-refractivity contribution in [3.05, 3.63) is 41.7 Å². The molecule has 1 unspecified atom stereocenters. The van der Waals surface area contributed by atoms with Crippen LogP contribution in [0, 0.1) is 6.92 Å². The lowest BCUT2D eigenvalue weighted by Gasteiger charge is -2.23. The summed E-state index contributed by atoms with van der Waals surface area (Å²) in [5, 5.41) is 3.17. The summed E-state index contributed by atoms with van der Waals surface area (Å²) in [5.41, 5.74) is 3.25. The number of aryl methyl sites for hydroxylation is 1. The number of para-hydroxylation sites is 1. The molecule has 0 aliphatic carbocycles. The zero-order valence-electron chi connectivity index (χ0n) is 13.9. The number of carbonyl (C=O) groups is 1. The number of amides is 1. The molecule has 0 saturated carbocycles. The normalized spacial score (nSPS) is 15.8. The lowest BCUT2D eigenvalue weighted by atomic mass is 10.2. The summed E-state index contributed by atoms with van der Waals surface area (Å²) in [7, 11) is 0. The van der Waals surface area contributed by atoms with Gasteiger partial charge in [0.15, 0.2) is 0 Å². The molecule has 1 amide bonds. The number of H-pyrrole nitrogens is 1. The standard InChI is InChI=1S/C17H22N4O.2ClH/c1-3-21(17(22)14-8-5-10-18-14)11-9-15-19-13-7-4-6-12(2)16(13)20-15;;/h4-8,14,18H,3,9-11H2,1-2H3,(H,19,20);2*1H. The lowest BCUT2D eigenvalue weighted by molar-refractivity contribution is -0.131. The summed E-state index contributed by atoms with van der Waals surface area (Å²) in [4.78, 5) is 22.3. The van der Waals surface area contributed by atoms with E-state index in [0.717, 1.165) is 29.8 Å². The van der Waals surface area contributed by atoms with E-state index in [4.69, 9.17) is 0 Å². The van der Waals surface area contributed by atoms with E-state index in [9.17, 15) is 4.79 Å². The average molecular weight is 371 g/mol. The summed E-state index contributed by atoms with van der Waals surface area (Å²) < 4.78 is 0. The van der Waals surface area contributed by atoms with Crippen molar-refractivity contribution in [3.8, 4) is 0 Å². The van der Waals surface area contributed by atoms with Crippen molar-refractivity contribution >= 4 is 41.8 Å². The number of nitrogens with one attached hydrogen (secondary N) is 2. The quantitative estimate of drug-likeness (QED) is 0.795. The number of aromatic nitrogens is 2. The third kappa shape index (κ3) is 4.29. The highest BCUT2D eigenvalue weighted by Gasteiger charge is 2.22. The van der Waals surface area contributed by atoms with Gasteiger partial charge in [0.1, 0.15) is 11.9 Å². The van der Waals surface area contributed by atoms with Crippen LogP contribution in [0.4, 0.5) is 0 Å². The number of rotatable bonds is 5. The Kier molecular flexibility index (Phi) is 7.73. The van der Waals surface area contributed by atoms with Crippen molar-refractivity contribution in [1.82, 2.24) is 20.2 Å². The molecule has 24 heavy (non-hydrogen) atoms. The van der Waals surface area contributed by atoms with E-state index in [1.807, 2.05) is 36.1 Å². The maximum absolute atomic E-state index is 12.4. The molecule has 3 rings (SSSR count). The summed E-state index contributed by atoms with van der Waals surface area (Å²) in [6.07, 6.45) is 4.68. The Morgan fingerprint density at radius 3 is 2.79 bits per heavy atom. The predicted octanol–water partition coefficient (Wildman–Crippen LogP) is 2.63. The first-order valence-corrected chi connectivity index (χ1v) is 7.82. The van der Waals surface area contributed by atoms with Gasteiger partial charge in [-0.05, 0) is 25.5 Å². The number of benzene rings is 1. The van der Waals surface area contributed by atoms with Crippen molar-refractivity contribution in [2.24, 2.45) is 0 Å². The zero-order valence-corrected chi connectivity index (χ0v) is 15.5. The van der Waals surface area contributed by atoms with E-state index in [0.29, 0.717) is 13.1 Å². The molecule has 0 fully saturated rings. The van der Waals surface area contributed by atoms with Crippen molar-refractivity contribution in [1.29, 1.82) is 0 Å². The molecule has 1 aliphatic heterocycles. The highest BCUT2D eigenvalue weighted by molar-refractivity contribution is 5.86. The molecule has 2 N–H and O–H groups in total. The van der Waals surface area contributed by atoms with Gasteiger partial charge in [-0.2, -0.15) is 0 Å².